The molecule has 1 aliphatic carbocycles. The number of carboxylic acid groups (broad SMARTS) is 2. The molecule has 1 aliphatic rings. The second kappa shape index (κ2) is 19.8. The number of rotatable bonds is 6. The molecule has 0 aliphatic heterocycles. The molecule has 1 saturated carbocycles. The number of carbonyl (C=O) groups excluding carboxylic acids is 1. The Kier molecular flexibility index (Phi) is 18.4. The molecule has 0 amide bonds. The summed E-state index contributed by atoms with van der Waals surface area (Å²) in [5.74, 6) is -1.78. The van der Waals surface area contributed by atoms with Gasteiger partial charge in [-0.1, -0.05) is 72.8 Å². The maximum atomic E-state index is 10.2. The zero-order chi connectivity index (χ0) is 26.6. The molecule has 194 valence electrons. The fourth-order valence-electron chi connectivity index (χ4n) is 2.80. The molecule has 0 radical (unpaired) electrons. The van der Waals surface area contributed by atoms with Crippen LogP contribution in [-0.4, -0.2) is 47.1 Å². The summed E-state index contributed by atoms with van der Waals surface area (Å²) in [6.07, 6.45) is 7.81. The van der Waals surface area contributed by atoms with Crippen molar-refractivity contribution in [3.63, 3.8) is 0 Å². The van der Waals surface area contributed by atoms with Crippen molar-refractivity contribution in [1.82, 2.24) is 0 Å². The van der Waals surface area contributed by atoms with Crippen molar-refractivity contribution < 1.29 is 24.6 Å². The fraction of sp³-hybridized carbons (Fsp3) is 0.400. The van der Waals surface area contributed by atoms with Crippen LogP contribution < -0.4 is 17.2 Å². The minimum Gasteiger partial charge on any atom is -0.481 e. The second-order valence-corrected chi connectivity index (χ2v) is 8.60. The van der Waals surface area contributed by atoms with Gasteiger partial charge in [-0.2, -0.15) is 0 Å². The summed E-state index contributed by atoms with van der Waals surface area (Å²) < 4.78 is 0. The number of benzene rings is 2. The van der Waals surface area contributed by atoms with Gasteiger partial charge in [-0.3, -0.25) is 14.4 Å². The number of halogens is 2. The molecule has 8 nitrogen and oxygen atoms in total. The van der Waals surface area contributed by atoms with Crippen LogP contribution >= 0.6 is 23.2 Å². The van der Waals surface area contributed by atoms with Crippen molar-refractivity contribution >= 4 is 41.4 Å². The van der Waals surface area contributed by atoms with Crippen LogP contribution in [0.4, 0.5) is 0 Å². The lowest BCUT2D eigenvalue weighted by Gasteiger charge is -2.15. The Balaban J connectivity index is 0.000000445. The lowest BCUT2D eigenvalue weighted by molar-refractivity contribution is -0.139. The highest BCUT2D eigenvalue weighted by atomic mass is 35.5. The largest absolute Gasteiger partial charge is 0.481 e. The standard InChI is InChI=1S/C8H8O2.C7H4Cl2O.C6H13N.C4H10N2O2/c9-8(10)6-7-4-2-1-3-5-7;8-6-2-1-5(4-10)7(9)3-6;7-6-4-2-1-3-5-6;5-2-1-3(6)4(7)8/h1-5H,6H2,(H,9,10);1-4H;6H,1-5,7H2;3H,1-2,5-6H2,(H,7,8). The monoisotopic (exact) mass is 527 g/mol. The number of hydrogen-bond donors (Lipinski definition) is 5. The van der Waals surface area contributed by atoms with Gasteiger partial charge < -0.3 is 27.4 Å². The first-order valence-electron chi connectivity index (χ1n) is 11.2. The third-order valence-corrected chi connectivity index (χ3v) is 5.29. The summed E-state index contributed by atoms with van der Waals surface area (Å²) in [4.78, 5) is 30.3. The van der Waals surface area contributed by atoms with Gasteiger partial charge in [0.1, 0.15) is 6.04 Å². The van der Waals surface area contributed by atoms with Crippen LogP contribution in [0.3, 0.4) is 0 Å². The van der Waals surface area contributed by atoms with Gasteiger partial charge in [0, 0.05) is 16.6 Å². The number of nitrogens with two attached hydrogens (primary N) is 3. The van der Waals surface area contributed by atoms with Crippen LogP contribution in [-0.2, 0) is 16.0 Å². The van der Waals surface area contributed by atoms with Gasteiger partial charge in [0.05, 0.1) is 11.4 Å². The topological polar surface area (TPSA) is 170 Å². The van der Waals surface area contributed by atoms with Crippen LogP contribution in [0.2, 0.25) is 10.0 Å². The Labute approximate surface area is 216 Å². The van der Waals surface area contributed by atoms with Gasteiger partial charge in [0.25, 0.3) is 0 Å². The molecule has 35 heavy (non-hydrogen) atoms. The highest BCUT2D eigenvalue weighted by molar-refractivity contribution is 6.36. The molecule has 0 saturated heterocycles. The Morgan fingerprint density at radius 2 is 1.63 bits per heavy atom. The third kappa shape index (κ3) is 17.6. The summed E-state index contributed by atoms with van der Waals surface area (Å²) >= 11 is 11.2. The van der Waals surface area contributed by atoms with Gasteiger partial charge >= 0.3 is 11.9 Å². The molecule has 1 atom stereocenters. The SMILES string of the molecule is NC1CCCCC1.NCCC(N)C(=O)O.O=C(O)Cc1ccccc1.O=Cc1ccc(Cl)cc1Cl. The van der Waals surface area contributed by atoms with Gasteiger partial charge in [0.2, 0.25) is 0 Å². The lowest BCUT2D eigenvalue weighted by atomic mass is 9.97. The third-order valence-electron chi connectivity index (χ3n) is 4.73. The first kappa shape index (κ1) is 32.5. The van der Waals surface area contributed by atoms with Crippen LogP contribution in [0.1, 0.15) is 54.4 Å². The number of aldehydes is 1. The van der Waals surface area contributed by atoms with Crippen LogP contribution in [0.25, 0.3) is 0 Å². The van der Waals surface area contributed by atoms with E-state index in [1.807, 2.05) is 18.2 Å². The summed E-state index contributed by atoms with van der Waals surface area (Å²) in [5, 5.41) is 17.4. The molecular formula is C25H35Cl2N3O5. The number of hydrogen-bond acceptors (Lipinski definition) is 6. The van der Waals surface area contributed by atoms with Crippen molar-refractivity contribution in [1.29, 1.82) is 0 Å². The van der Waals surface area contributed by atoms with E-state index in [-0.39, 0.29) is 6.42 Å². The Bertz CT molecular complexity index is 879. The van der Waals surface area contributed by atoms with Crippen molar-refractivity contribution in [2.75, 3.05) is 6.54 Å². The fourth-order valence-corrected chi connectivity index (χ4v) is 3.26. The Hall–Kier alpha value is -2.49. The van der Waals surface area contributed by atoms with E-state index in [0.717, 1.165) is 5.56 Å². The van der Waals surface area contributed by atoms with E-state index in [9.17, 15) is 14.4 Å². The van der Waals surface area contributed by atoms with Crippen LogP contribution in [0.15, 0.2) is 48.5 Å². The van der Waals surface area contributed by atoms with Crippen molar-refractivity contribution in [2.45, 2.75) is 57.0 Å². The summed E-state index contributed by atoms with van der Waals surface area (Å²) in [7, 11) is 0. The maximum absolute atomic E-state index is 10.2. The van der Waals surface area contributed by atoms with E-state index < -0.39 is 18.0 Å². The van der Waals surface area contributed by atoms with E-state index in [1.54, 1.807) is 24.3 Å². The van der Waals surface area contributed by atoms with Crippen LogP contribution in [0, 0.1) is 0 Å². The Morgan fingerprint density at radius 3 is 2.00 bits per heavy atom. The van der Waals surface area contributed by atoms with E-state index >= 15 is 0 Å². The van der Waals surface area contributed by atoms with Crippen molar-refractivity contribution in [3.05, 3.63) is 69.7 Å². The molecule has 1 unspecified atom stereocenters. The summed E-state index contributed by atoms with van der Waals surface area (Å²) in [6.45, 7) is 0.327. The van der Waals surface area contributed by atoms with E-state index in [0.29, 0.717) is 40.9 Å². The second-order valence-electron chi connectivity index (χ2n) is 7.76. The number of aliphatic carboxylic acids is 2. The molecule has 0 aromatic heterocycles. The quantitative estimate of drug-likeness (QED) is 0.348. The molecule has 2 aromatic carbocycles. The van der Waals surface area contributed by atoms with Gasteiger partial charge in [-0.25, -0.2) is 0 Å². The highest BCUT2D eigenvalue weighted by Crippen LogP contribution is 2.19. The maximum Gasteiger partial charge on any atom is 0.320 e. The molecule has 3 rings (SSSR count). The van der Waals surface area contributed by atoms with Crippen molar-refractivity contribution in [2.24, 2.45) is 17.2 Å². The molecule has 0 heterocycles. The minimum atomic E-state index is -0.990. The normalized spacial score (nSPS) is 13.4. The predicted octanol–water partition coefficient (Wildman–Crippen LogP) is 4.14. The van der Waals surface area contributed by atoms with E-state index in [1.165, 1.54) is 38.2 Å². The van der Waals surface area contributed by atoms with Gasteiger partial charge in [0.15, 0.2) is 6.29 Å². The van der Waals surface area contributed by atoms with E-state index in [2.05, 4.69) is 0 Å². The average Bonchev–Trinajstić information content (AvgIpc) is 2.81. The minimum absolute atomic E-state index is 0.112. The number of carbonyl (C=O) groups is 3. The molecule has 2 aromatic rings. The van der Waals surface area contributed by atoms with Gasteiger partial charge in [-0.15, -0.1) is 0 Å². The lowest BCUT2D eigenvalue weighted by Crippen LogP contribution is -2.32. The first-order chi connectivity index (χ1) is 16.6. The molecule has 1 fully saturated rings. The van der Waals surface area contributed by atoms with Crippen molar-refractivity contribution in [3.8, 4) is 0 Å². The molecule has 10 heteroatoms. The summed E-state index contributed by atoms with van der Waals surface area (Å²) in [6, 6.07) is 13.6. The highest BCUT2D eigenvalue weighted by Gasteiger charge is 2.08. The molecular weight excluding hydrogens is 493 g/mol. The molecule has 0 spiro atoms. The molecule has 8 N–H and O–H groups in total. The zero-order valence-corrected chi connectivity index (χ0v) is 21.1. The van der Waals surface area contributed by atoms with Gasteiger partial charge in [-0.05, 0) is 49.6 Å². The Morgan fingerprint density at radius 1 is 1.03 bits per heavy atom. The first-order valence-corrected chi connectivity index (χ1v) is 12.0. The smallest absolute Gasteiger partial charge is 0.320 e. The predicted molar refractivity (Wildman–Crippen MR) is 140 cm³/mol. The summed E-state index contributed by atoms with van der Waals surface area (Å²) in [5.41, 5.74) is 17.0. The van der Waals surface area contributed by atoms with Crippen LogP contribution in [0.5, 0.6) is 0 Å². The average molecular weight is 528 g/mol. The number of carboxylic acids is 2. The van der Waals surface area contributed by atoms with E-state index in [4.69, 9.17) is 50.6 Å². The molecule has 0 bridgehead atoms. The zero-order valence-electron chi connectivity index (χ0n) is 19.6.